The van der Waals surface area contributed by atoms with E-state index in [1.807, 2.05) is 0 Å². The molecule has 0 heterocycles. The molecule has 0 radical (unpaired) electrons. The minimum absolute atomic E-state index is 0.137. The van der Waals surface area contributed by atoms with Gasteiger partial charge in [-0.2, -0.15) is 0 Å². The van der Waals surface area contributed by atoms with Crippen molar-refractivity contribution in [2.24, 2.45) is 0 Å². The highest BCUT2D eigenvalue weighted by Gasteiger charge is 2.31. The Balaban J connectivity index is 2.07. The Kier molecular flexibility index (Phi) is 6.38. The van der Waals surface area contributed by atoms with Gasteiger partial charge in [-0.3, -0.25) is 0 Å². The van der Waals surface area contributed by atoms with Crippen LogP contribution in [0.1, 0.15) is 15.9 Å². The zero-order chi connectivity index (χ0) is 20.0. The number of carbonyl (C=O) groups excluding carboxylic acids is 1. The van der Waals surface area contributed by atoms with E-state index in [-0.39, 0.29) is 29.4 Å². The molecule has 0 N–H and O–H groups in total. The molecule has 0 aliphatic rings. The minimum atomic E-state index is -4.76. The number of ether oxygens (including phenoxy) is 5. The van der Waals surface area contributed by atoms with Gasteiger partial charge in [-0.15, -0.1) is 13.2 Å². The molecular formula is C18H17F3O6. The van der Waals surface area contributed by atoms with Crippen molar-refractivity contribution < 1.29 is 41.7 Å². The van der Waals surface area contributed by atoms with Crippen LogP contribution in [0.4, 0.5) is 13.2 Å². The average Bonchev–Trinajstić information content (AvgIpc) is 2.64. The molecule has 0 amide bonds. The summed E-state index contributed by atoms with van der Waals surface area (Å²) in [5, 5.41) is 0. The molecule has 0 fully saturated rings. The lowest BCUT2D eigenvalue weighted by Gasteiger charge is -2.14. The van der Waals surface area contributed by atoms with Crippen LogP contribution in [-0.2, 0) is 11.3 Å². The van der Waals surface area contributed by atoms with Crippen molar-refractivity contribution in [1.29, 1.82) is 0 Å². The molecule has 27 heavy (non-hydrogen) atoms. The Bertz CT molecular complexity index is 762. The molecule has 2 rings (SSSR count). The summed E-state index contributed by atoms with van der Waals surface area (Å²) in [5.41, 5.74) is 0.659. The fourth-order valence-electron chi connectivity index (χ4n) is 2.22. The average molecular weight is 386 g/mol. The van der Waals surface area contributed by atoms with Gasteiger partial charge in [0.15, 0.2) is 11.5 Å². The highest BCUT2D eigenvalue weighted by Crippen LogP contribution is 2.38. The Morgan fingerprint density at radius 1 is 0.926 bits per heavy atom. The zero-order valence-corrected chi connectivity index (χ0v) is 14.8. The van der Waals surface area contributed by atoms with E-state index in [0.717, 1.165) is 12.1 Å². The Labute approximate surface area is 153 Å². The zero-order valence-electron chi connectivity index (χ0n) is 14.8. The molecule has 0 aromatic heterocycles. The van der Waals surface area contributed by atoms with Gasteiger partial charge >= 0.3 is 12.3 Å². The first-order chi connectivity index (χ1) is 12.8. The highest BCUT2D eigenvalue weighted by molar-refractivity contribution is 5.91. The molecule has 2 aromatic carbocycles. The minimum Gasteiger partial charge on any atom is -0.493 e. The second kappa shape index (κ2) is 8.52. The van der Waals surface area contributed by atoms with Crippen LogP contribution in [0, 0.1) is 0 Å². The van der Waals surface area contributed by atoms with Crippen LogP contribution in [0.3, 0.4) is 0 Å². The Morgan fingerprint density at radius 2 is 1.48 bits per heavy atom. The highest BCUT2D eigenvalue weighted by atomic mass is 19.4. The van der Waals surface area contributed by atoms with Crippen molar-refractivity contribution in [1.82, 2.24) is 0 Å². The van der Waals surface area contributed by atoms with Gasteiger partial charge in [0, 0.05) is 0 Å². The summed E-state index contributed by atoms with van der Waals surface area (Å²) in [7, 11) is 4.26. The van der Waals surface area contributed by atoms with Crippen LogP contribution >= 0.6 is 0 Å². The second-order valence-corrected chi connectivity index (χ2v) is 5.18. The lowest BCUT2D eigenvalue weighted by molar-refractivity contribution is -0.274. The van der Waals surface area contributed by atoms with Gasteiger partial charge in [0.1, 0.15) is 12.4 Å². The molecule has 0 aliphatic heterocycles. The smallest absolute Gasteiger partial charge is 0.493 e. The SMILES string of the molecule is COc1cc(C(=O)OCc2ccc(OC(F)(F)F)cc2)cc(OC)c1OC. The van der Waals surface area contributed by atoms with E-state index in [2.05, 4.69) is 4.74 Å². The normalized spacial score (nSPS) is 10.9. The summed E-state index contributed by atoms with van der Waals surface area (Å²) in [5.74, 6) is -0.112. The number of carbonyl (C=O) groups is 1. The molecule has 0 spiro atoms. The van der Waals surface area contributed by atoms with Gasteiger partial charge in [-0.1, -0.05) is 12.1 Å². The number of rotatable bonds is 7. The van der Waals surface area contributed by atoms with Crippen molar-refractivity contribution in [3.8, 4) is 23.0 Å². The fourth-order valence-corrected chi connectivity index (χ4v) is 2.22. The van der Waals surface area contributed by atoms with Gasteiger partial charge < -0.3 is 23.7 Å². The van der Waals surface area contributed by atoms with E-state index in [1.54, 1.807) is 0 Å². The van der Waals surface area contributed by atoms with Gasteiger partial charge in [0.05, 0.1) is 26.9 Å². The van der Waals surface area contributed by atoms with E-state index < -0.39 is 12.3 Å². The number of hydrogen-bond acceptors (Lipinski definition) is 6. The predicted octanol–water partition coefficient (Wildman–Crippen LogP) is 3.97. The Morgan fingerprint density at radius 3 is 1.93 bits per heavy atom. The lowest BCUT2D eigenvalue weighted by Crippen LogP contribution is -2.17. The third kappa shape index (κ3) is 5.44. The van der Waals surface area contributed by atoms with Crippen LogP contribution in [-0.4, -0.2) is 33.7 Å². The summed E-state index contributed by atoms with van der Waals surface area (Å²) >= 11 is 0. The van der Waals surface area contributed by atoms with Gasteiger partial charge in [-0.25, -0.2) is 4.79 Å². The fraction of sp³-hybridized carbons (Fsp3) is 0.278. The maximum Gasteiger partial charge on any atom is 0.573 e. The molecule has 0 saturated carbocycles. The summed E-state index contributed by atoms with van der Waals surface area (Å²) in [6.07, 6.45) is -4.76. The van der Waals surface area contributed by atoms with Crippen LogP contribution in [0.25, 0.3) is 0 Å². The first kappa shape index (κ1) is 20.2. The number of hydrogen-bond donors (Lipinski definition) is 0. The molecular weight excluding hydrogens is 369 g/mol. The van der Waals surface area contributed by atoms with Crippen molar-refractivity contribution in [2.75, 3.05) is 21.3 Å². The molecule has 0 unspecified atom stereocenters. The van der Waals surface area contributed by atoms with E-state index in [4.69, 9.17) is 18.9 Å². The number of alkyl halides is 3. The quantitative estimate of drug-likeness (QED) is 0.671. The third-order valence-electron chi connectivity index (χ3n) is 3.43. The van der Waals surface area contributed by atoms with E-state index in [0.29, 0.717) is 11.3 Å². The molecule has 0 bridgehead atoms. The summed E-state index contributed by atoms with van der Waals surface area (Å²) in [4.78, 5) is 12.3. The first-order valence-electron chi connectivity index (χ1n) is 7.59. The van der Waals surface area contributed by atoms with Crippen LogP contribution in [0.15, 0.2) is 36.4 Å². The maximum absolute atomic E-state index is 12.3. The molecule has 2 aromatic rings. The Hall–Kier alpha value is -3.10. The van der Waals surface area contributed by atoms with Crippen LogP contribution < -0.4 is 18.9 Å². The maximum atomic E-state index is 12.3. The molecule has 0 saturated heterocycles. The molecule has 0 atom stereocenters. The predicted molar refractivity (Wildman–Crippen MR) is 88.3 cm³/mol. The molecule has 0 aliphatic carbocycles. The number of halogens is 3. The van der Waals surface area contributed by atoms with Crippen LogP contribution in [0.5, 0.6) is 23.0 Å². The first-order valence-corrected chi connectivity index (χ1v) is 7.59. The third-order valence-corrected chi connectivity index (χ3v) is 3.43. The summed E-state index contributed by atoms with van der Waals surface area (Å²) in [6, 6.07) is 7.87. The van der Waals surface area contributed by atoms with E-state index >= 15 is 0 Å². The van der Waals surface area contributed by atoms with E-state index in [9.17, 15) is 18.0 Å². The van der Waals surface area contributed by atoms with Crippen molar-refractivity contribution >= 4 is 5.97 Å². The monoisotopic (exact) mass is 386 g/mol. The molecule has 6 nitrogen and oxygen atoms in total. The van der Waals surface area contributed by atoms with Crippen LogP contribution in [0.2, 0.25) is 0 Å². The number of methoxy groups -OCH3 is 3. The van der Waals surface area contributed by atoms with Gasteiger partial charge in [0.25, 0.3) is 0 Å². The molecule has 146 valence electrons. The van der Waals surface area contributed by atoms with Crippen molar-refractivity contribution in [3.63, 3.8) is 0 Å². The van der Waals surface area contributed by atoms with E-state index in [1.165, 1.54) is 45.6 Å². The number of benzene rings is 2. The van der Waals surface area contributed by atoms with Gasteiger partial charge in [0.2, 0.25) is 5.75 Å². The topological polar surface area (TPSA) is 63.2 Å². The van der Waals surface area contributed by atoms with Crippen molar-refractivity contribution in [2.45, 2.75) is 13.0 Å². The lowest BCUT2D eigenvalue weighted by atomic mass is 10.2. The van der Waals surface area contributed by atoms with Crippen molar-refractivity contribution in [3.05, 3.63) is 47.5 Å². The number of esters is 1. The standard InChI is InChI=1S/C18H17F3O6/c1-23-14-8-12(9-15(24-2)16(14)25-3)17(22)26-10-11-4-6-13(7-5-11)27-18(19,20)21/h4-9H,10H2,1-3H3. The summed E-state index contributed by atoms with van der Waals surface area (Å²) in [6.45, 7) is -0.137. The largest absolute Gasteiger partial charge is 0.573 e. The molecule has 9 heteroatoms. The second-order valence-electron chi connectivity index (χ2n) is 5.18. The van der Waals surface area contributed by atoms with Gasteiger partial charge in [-0.05, 0) is 29.8 Å². The summed E-state index contributed by atoms with van der Waals surface area (Å²) < 4.78 is 60.9.